The van der Waals surface area contributed by atoms with Crippen molar-refractivity contribution in [2.45, 2.75) is 51.9 Å². The van der Waals surface area contributed by atoms with Crippen molar-refractivity contribution in [2.75, 3.05) is 53.0 Å². The first-order valence-corrected chi connectivity index (χ1v) is 14.2. The Labute approximate surface area is 248 Å². The van der Waals surface area contributed by atoms with E-state index < -0.39 is 5.97 Å². The fourth-order valence-corrected chi connectivity index (χ4v) is 4.32. The van der Waals surface area contributed by atoms with Crippen molar-refractivity contribution >= 4 is 29.5 Å². The van der Waals surface area contributed by atoms with E-state index in [4.69, 9.17) is 18.9 Å². The molecule has 10 heteroatoms. The number of carbonyl (C=O) groups is 3. The molecule has 0 aliphatic heterocycles. The maximum atomic E-state index is 12.7. The van der Waals surface area contributed by atoms with Crippen LogP contribution >= 0.6 is 0 Å². The SMILES string of the molecule is CCCCCCCCOCC(=O)N(C)c1cc(CCNC(=O)/C=C/c2cc(OC)c(OC)c(OC)c2)ccc1C(=O)O. The van der Waals surface area contributed by atoms with E-state index in [0.717, 1.165) is 24.8 Å². The van der Waals surface area contributed by atoms with Crippen LogP contribution in [0.25, 0.3) is 6.08 Å². The molecule has 0 fully saturated rings. The highest BCUT2D eigenvalue weighted by Crippen LogP contribution is 2.38. The molecular weight excluding hydrogens is 540 g/mol. The largest absolute Gasteiger partial charge is 0.493 e. The van der Waals surface area contributed by atoms with E-state index in [2.05, 4.69) is 12.2 Å². The Balaban J connectivity index is 1.94. The maximum absolute atomic E-state index is 12.7. The van der Waals surface area contributed by atoms with Crippen LogP contribution in [-0.2, 0) is 20.7 Å². The monoisotopic (exact) mass is 584 g/mol. The summed E-state index contributed by atoms with van der Waals surface area (Å²) in [7, 11) is 6.09. The highest BCUT2D eigenvalue weighted by Gasteiger charge is 2.19. The number of likely N-dealkylation sites (N-methyl/N-ethyl adjacent to an activating group) is 1. The Morgan fingerprint density at radius 1 is 0.929 bits per heavy atom. The number of aromatic carboxylic acids is 1. The molecule has 0 saturated carbocycles. The van der Waals surface area contributed by atoms with Gasteiger partial charge in [0.1, 0.15) is 6.61 Å². The van der Waals surface area contributed by atoms with Crippen LogP contribution in [0.3, 0.4) is 0 Å². The summed E-state index contributed by atoms with van der Waals surface area (Å²) in [6.07, 6.45) is 10.2. The van der Waals surface area contributed by atoms with Crippen LogP contribution in [0.15, 0.2) is 36.4 Å². The van der Waals surface area contributed by atoms with E-state index in [1.807, 2.05) is 0 Å². The number of unbranched alkanes of at least 4 members (excludes halogenated alkanes) is 5. The molecule has 0 bridgehead atoms. The fraction of sp³-hybridized carbons (Fsp3) is 0.469. The number of carboxylic acids is 1. The van der Waals surface area contributed by atoms with E-state index in [1.165, 1.54) is 64.7 Å². The first-order valence-electron chi connectivity index (χ1n) is 14.2. The molecule has 0 atom stereocenters. The van der Waals surface area contributed by atoms with Crippen molar-refractivity contribution in [3.8, 4) is 17.2 Å². The lowest BCUT2D eigenvalue weighted by Crippen LogP contribution is -2.31. The molecule has 0 aliphatic carbocycles. The van der Waals surface area contributed by atoms with Gasteiger partial charge in [-0.2, -0.15) is 0 Å². The standard InChI is InChI=1S/C32H44N2O8/c1-6-7-8-9-10-11-18-42-22-30(36)34(2)26-19-23(12-14-25(26)32(37)38)16-17-33-29(35)15-13-24-20-27(39-3)31(41-5)28(21-24)40-4/h12-15,19-21H,6-11,16-18,22H2,1-5H3,(H,33,35)(H,37,38)/b15-13+. The van der Waals surface area contributed by atoms with Gasteiger partial charge in [-0.3, -0.25) is 9.59 Å². The Hall–Kier alpha value is -4.05. The molecule has 0 saturated heterocycles. The van der Waals surface area contributed by atoms with E-state index in [9.17, 15) is 19.5 Å². The predicted octanol–water partition coefficient (Wildman–Crippen LogP) is 5.12. The first-order chi connectivity index (χ1) is 20.2. The Morgan fingerprint density at radius 2 is 1.60 bits per heavy atom. The molecule has 0 unspecified atom stereocenters. The second-order valence-electron chi connectivity index (χ2n) is 9.76. The lowest BCUT2D eigenvalue weighted by atomic mass is 10.1. The van der Waals surface area contributed by atoms with Gasteiger partial charge < -0.3 is 34.3 Å². The molecule has 0 aliphatic rings. The third kappa shape index (κ3) is 10.7. The number of nitrogens with one attached hydrogen (secondary N) is 1. The minimum absolute atomic E-state index is 0.0165. The van der Waals surface area contributed by atoms with Crippen LogP contribution in [0.1, 0.15) is 66.9 Å². The topological polar surface area (TPSA) is 124 Å². The summed E-state index contributed by atoms with van der Waals surface area (Å²) in [5.41, 5.74) is 1.76. The average molecular weight is 585 g/mol. The number of amides is 2. The quantitative estimate of drug-likeness (QED) is 0.172. The van der Waals surface area contributed by atoms with Crippen molar-refractivity contribution in [1.29, 1.82) is 0 Å². The van der Waals surface area contributed by atoms with Crippen LogP contribution in [0.4, 0.5) is 5.69 Å². The zero-order chi connectivity index (χ0) is 30.9. The summed E-state index contributed by atoms with van der Waals surface area (Å²) in [6.45, 7) is 2.85. The molecule has 2 rings (SSSR count). The third-order valence-electron chi connectivity index (χ3n) is 6.72. The van der Waals surface area contributed by atoms with Crippen LogP contribution in [0.2, 0.25) is 0 Å². The maximum Gasteiger partial charge on any atom is 0.337 e. The number of ether oxygens (including phenoxy) is 4. The van der Waals surface area contributed by atoms with Crippen molar-refractivity contribution in [3.05, 3.63) is 53.1 Å². The molecule has 2 aromatic carbocycles. The smallest absolute Gasteiger partial charge is 0.337 e. The molecule has 2 amide bonds. The lowest BCUT2D eigenvalue weighted by molar-refractivity contribution is -0.122. The van der Waals surface area contributed by atoms with E-state index in [0.29, 0.717) is 42.4 Å². The average Bonchev–Trinajstić information content (AvgIpc) is 2.99. The predicted molar refractivity (Wildman–Crippen MR) is 163 cm³/mol. The van der Waals surface area contributed by atoms with Gasteiger partial charge in [0.25, 0.3) is 5.91 Å². The normalized spacial score (nSPS) is 10.9. The number of nitrogens with zero attached hydrogens (tertiary/aromatic N) is 1. The zero-order valence-electron chi connectivity index (χ0n) is 25.4. The molecular formula is C32H44N2O8. The third-order valence-corrected chi connectivity index (χ3v) is 6.72. The second-order valence-corrected chi connectivity index (χ2v) is 9.76. The molecule has 2 aromatic rings. The van der Waals surface area contributed by atoms with E-state index in [1.54, 1.807) is 30.3 Å². The van der Waals surface area contributed by atoms with Gasteiger partial charge in [-0.05, 0) is 54.3 Å². The number of rotatable bonds is 19. The summed E-state index contributed by atoms with van der Waals surface area (Å²) in [5.74, 6) is -0.347. The highest BCUT2D eigenvalue weighted by molar-refractivity contribution is 6.02. The van der Waals surface area contributed by atoms with Crippen molar-refractivity contribution < 1.29 is 38.4 Å². The lowest BCUT2D eigenvalue weighted by Gasteiger charge is -2.20. The molecule has 0 aromatic heterocycles. The Bertz CT molecular complexity index is 1190. The number of carbonyl (C=O) groups excluding carboxylic acids is 2. The minimum Gasteiger partial charge on any atom is -0.493 e. The molecule has 10 nitrogen and oxygen atoms in total. The summed E-state index contributed by atoms with van der Waals surface area (Å²) in [6, 6.07) is 8.27. The second kappa shape index (κ2) is 18.4. The molecule has 0 radical (unpaired) electrons. The van der Waals surface area contributed by atoms with Gasteiger partial charge in [-0.25, -0.2) is 4.79 Å². The number of methoxy groups -OCH3 is 3. The summed E-state index contributed by atoms with van der Waals surface area (Å²) in [4.78, 5) is 38.3. The van der Waals surface area contributed by atoms with Gasteiger partial charge in [0.05, 0.1) is 32.6 Å². The molecule has 0 spiro atoms. The van der Waals surface area contributed by atoms with Gasteiger partial charge >= 0.3 is 5.97 Å². The van der Waals surface area contributed by atoms with Gasteiger partial charge in [-0.15, -0.1) is 0 Å². The number of carboxylic acid groups (broad SMARTS) is 1. The fourth-order valence-electron chi connectivity index (χ4n) is 4.32. The number of hydrogen-bond donors (Lipinski definition) is 2. The minimum atomic E-state index is -1.13. The Kier molecular flexibility index (Phi) is 15.0. The van der Waals surface area contributed by atoms with Gasteiger partial charge in [0, 0.05) is 26.3 Å². The van der Waals surface area contributed by atoms with E-state index in [-0.39, 0.29) is 29.7 Å². The van der Waals surface area contributed by atoms with Gasteiger partial charge in [-0.1, -0.05) is 45.1 Å². The van der Waals surface area contributed by atoms with Crippen LogP contribution in [0.5, 0.6) is 17.2 Å². The Morgan fingerprint density at radius 3 is 2.21 bits per heavy atom. The molecule has 42 heavy (non-hydrogen) atoms. The van der Waals surface area contributed by atoms with Crippen molar-refractivity contribution in [3.63, 3.8) is 0 Å². The van der Waals surface area contributed by atoms with Crippen molar-refractivity contribution in [1.82, 2.24) is 5.32 Å². The zero-order valence-corrected chi connectivity index (χ0v) is 25.4. The van der Waals surface area contributed by atoms with Gasteiger partial charge in [0.2, 0.25) is 11.7 Å². The van der Waals surface area contributed by atoms with Crippen molar-refractivity contribution in [2.24, 2.45) is 0 Å². The summed E-state index contributed by atoms with van der Waals surface area (Å²) < 4.78 is 21.5. The molecule has 230 valence electrons. The van der Waals surface area contributed by atoms with Crippen LogP contribution in [-0.4, -0.2) is 71.0 Å². The summed E-state index contributed by atoms with van der Waals surface area (Å²) in [5, 5.41) is 12.5. The number of hydrogen-bond acceptors (Lipinski definition) is 7. The highest BCUT2D eigenvalue weighted by atomic mass is 16.5. The van der Waals surface area contributed by atoms with E-state index >= 15 is 0 Å². The first kappa shape index (κ1) is 34.2. The molecule has 0 heterocycles. The van der Waals surface area contributed by atoms with Gasteiger partial charge in [0.15, 0.2) is 11.5 Å². The summed E-state index contributed by atoms with van der Waals surface area (Å²) >= 11 is 0. The van der Waals surface area contributed by atoms with Crippen LogP contribution < -0.4 is 24.4 Å². The number of anilines is 1. The number of benzene rings is 2. The van der Waals surface area contributed by atoms with Crippen LogP contribution in [0, 0.1) is 0 Å². The molecule has 2 N–H and O–H groups in total.